The summed E-state index contributed by atoms with van der Waals surface area (Å²) in [7, 11) is -2.40. The van der Waals surface area contributed by atoms with Crippen LogP contribution in [0, 0.1) is 0 Å². The highest BCUT2D eigenvalue weighted by Crippen LogP contribution is 2.23. The Kier molecular flexibility index (Phi) is 11.0. The second-order valence-corrected chi connectivity index (χ2v) is 11.7. The van der Waals surface area contributed by atoms with E-state index in [1.807, 2.05) is 43.3 Å². The van der Waals surface area contributed by atoms with Crippen molar-refractivity contribution in [2.24, 2.45) is 0 Å². The first-order valence-electron chi connectivity index (χ1n) is 13.4. The molecule has 0 radical (unpaired) electrons. The van der Waals surface area contributed by atoms with E-state index in [2.05, 4.69) is 5.32 Å². The first-order valence-corrected chi connectivity index (χ1v) is 15.2. The quantitative estimate of drug-likeness (QED) is 0.291. The highest BCUT2D eigenvalue weighted by Gasteiger charge is 2.33. The van der Waals surface area contributed by atoms with Gasteiger partial charge in [-0.2, -0.15) is 0 Å². The summed E-state index contributed by atoms with van der Waals surface area (Å²) in [5.74, 6) is -0.555. The van der Waals surface area contributed by atoms with E-state index in [9.17, 15) is 22.8 Å². The number of methoxy groups -OCH3 is 1. The lowest BCUT2D eigenvalue weighted by Crippen LogP contribution is -2.53. The van der Waals surface area contributed by atoms with Crippen molar-refractivity contribution >= 4 is 33.3 Å². The minimum absolute atomic E-state index is 0.0398. The third-order valence-electron chi connectivity index (χ3n) is 6.53. The molecular formula is C31H37N3O6S. The highest BCUT2D eigenvalue weighted by molar-refractivity contribution is 7.92. The molecule has 0 saturated heterocycles. The SMILES string of the molecule is CCCNC(=O)C(Cc1ccccc1)N(Cc1cccc(OC)c1)C(=O)CN(c1cccc(C(C)=O)c1)S(C)(=O)=O. The van der Waals surface area contributed by atoms with E-state index in [1.165, 1.54) is 31.1 Å². The molecule has 41 heavy (non-hydrogen) atoms. The van der Waals surface area contributed by atoms with Gasteiger partial charge in [-0.15, -0.1) is 0 Å². The van der Waals surface area contributed by atoms with Crippen LogP contribution in [0.3, 0.4) is 0 Å². The number of sulfonamides is 1. The molecule has 0 aromatic heterocycles. The predicted octanol–water partition coefficient (Wildman–Crippen LogP) is 3.83. The highest BCUT2D eigenvalue weighted by atomic mass is 32.2. The molecule has 2 amide bonds. The van der Waals surface area contributed by atoms with Gasteiger partial charge in [0, 0.05) is 25.1 Å². The van der Waals surface area contributed by atoms with E-state index in [4.69, 9.17) is 4.74 Å². The molecule has 0 heterocycles. The molecule has 10 heteroatoms. The number of nitrogens with one attached hydrogen (secondary N) is 1. The first kappa shape index (κ1) is 31.3. The van der Waals surface area contributed by atoms with E-state index in [1.54, 1.807) is 30.3 Å². The van der Waals surface area contributed by atoms with Crippen molar-refractivity contribution in [2.75, 3.05) is 30.8 Å². The van der Waals surface area contributed by atoms with Crippen LogP contribution in [0.15, 0.2) is 78.9 Å². The number of rotatable bonds is 14. The van der Waals surface area contributed by atoms with E-state index < -0.39 is 28.5 Å². The summed E-state index contributed by atoms with van der Waals surface area (Å²) in [6.45, 7) is 3.23. The van der Waals surface area contributed by atoms with Gasteiger partial charge in [0.1, 0.15) is 18.3 Å². The smallest absolute Gasteiger partial charge is 0.244 e. The van der Waals surface area contributed by atoms with Crippen LogP contribution in [0.1, 0.15) is 41.8 Å². The van der Waals surface area contributed by atoms with E-state index in [0.717, 1.165) is 16.1 Å². The Morgan fingerprint density at radius 1 is 0.927 bits per heavy atom. The zero-order valence-electron chi connectivity index (χ0n) is 23.9. The molecule has 3 aromatic rings. The second kappa shape index (κ2) is 14.5. The number of benzene rings is 3. The van der Waals surface area contributed by atoms with E-state index >= 15 is 0 Å². The summed E-state index contributed by atoms with van der Waals surface area (Å²) in [4.78, 5) is 41.0. The molecule has 3 aromatic carbocycles. The number of anilines is 1. The molecule has 218 valence electrons. The lowest BCUT2D eigenvalue weighted by atomic mass is 10.0. The number of ether oxygens (including phenoxy) is 1. The van der Waals surface area contributed by atoms with Gasteiger partial charge in [0.25, 0.3) is 0 Å². The molecule has 0 fully saturated rings. The van der Waals surface area contributed by atoms with Crippen LogP contribution in [-0.4, -0.2) is 63.4 Å². The summed E-state index contributed by atoms with van der Waals surface area (Å²) in [6.07, 6.45) is 1.94. The Morgan fingerprint density at radius 3 is 2.24 bits per heavy atom. The van der Waals surface area contributed by atoms with Crippen molar-refractivity contribution in [3.05, 3.63) is 95.6 Å². The number of Topliss-reactive ketones (excluding diaryl/α,β-unsaturated/α-hetero) is 1. The Labute approximate surface area is 242 Å². The number of nitrogens with zero attached hydrogens (tertiary/aromatic N) is 2. The second-order valence-electron chi connectivity index (χ2n) is 9.75. The lowest BCUT2D eigenvalue weighted by Gasteiger charge is -2.33. The van der Waals surface area contributed by atoms with Crippen molar-refractivity contribution in [2.45, 2.75) is 39.3 Å². The molecule has 0 saturated carbocycles. The van der Waals surface area contributed by atoms with Gasteiger partial charge in [-0.1, -0.05) is 61.5 Å². The van der Waals surface area contributed by atoms with Crippen LogP contribution in [0.5, 0.6) is 5.75 Å². The topological polar surface area (TPSA) is 113 Å². The van der Waals surface area contributed by atoms with Gasteiger partial charge in [0.05, 0.1) is 19.1 Å². The number of hydrogen-bond donors (Lipinski definition) is 1. The average molecular weight is 580 g/mol. The third kappa shape index (κ3) is 8.91. The molecular weight excluding hydrogens is 542 g/mol. The number of carbonyl (C=O) groups is 3. The number of hydrogen-bond acceptors (Lipinski definition) is 6. The normalized spacial score (nSPS) is 11.8. The number of carbonyl (C=O) groups excluding carboxylic acids is 3. The minimum Gasteiger partial charge on any atom is -0.497 e. The van der Waals surface area contributed by atoms with Crippen molar-refractivity contribution in [3.63, 3.8) is 0 Å². The number of ketones is 1. The van der Waals surface area contributed by atoms with Crippen LogP contribution < -0.4 is 14.4 Å². The molecule has 0 aliphatic heterocycles. The molecule has 1 N–H and O–H groups in total. The zero-order chi connectivity index (χ0) is 30.0. The lowest BCUT2D eigenvalue weighted by molar-refractivity contribution is -0.140. The zero-order valence-corrected chi connectivity index (χ0v) is 24.7. The summed E-state index contributed by atoms with van der Waals surface area (Å²) in [5, 5.41) is 2.90. The standard InChI is InChI=1S/C31H37N3O6S/c1-5-17-32-31(37)29(19-24-11-7-6-8-12-24)33(21-25-13-9-16-28(18-25)40-3)30(36)22-34(41(4,38)39)27-15-10-14-26(20-27)23(2)35/h6-16,18,20,29H,5,17,19,21-22H2,1-4H3,(H,32,37). The van der Waals surface area contributed by atoms with Crippen LogP contribution in [0.4, 0.5) is 5.69 Å². The molecule has 9 nitrogen and oxygen atoms in total. The van der Waals surface area contributed by atoms with Gasteiger partial charge in [-0.3, -0.25) is 18.7 Å². The number of amides is 2. The van der Waals surface area contributed by atoms with Crippen molar-refractivity contribution in [1.82, 2.24) is 10.2 Å². The maximum atomic E-state index is 14.1. The van der Waals surface area contributed by atoms with Crippen LogP contribution in [0.25, 0.3) is 0 Å². The molecule has 1 atom stereocenters. The fraction of sp³-hybridized carbons (Fsp3) is 0.323. The van der Waals surface area contributed by atoms with Crippen molar-refractivity contribution in [3.8, 4) is 5.75 Å². The largest absolute Gasteiger partial charge is 0.497 e. The molecule has 0 spiro atoms. The van der Waals surface area contributed by atoms with E-state index in [0.29, 0.717) is 29.8 Å². The fourth-order valence-electron chi connectivity index (χ4n) is 4.38. The monoisotopic (exact) mass is 579 g/mol. The fourth-order valence-corrected chi connectivity index (χ4v) is 5.22. The predicted molar refractivity (Wildman–Crippen MR) is 159 cm³/mol. The van der Waals surface area contributed by atoms with Crippen molar-refractivity contribution < 1.29 is 27.5 Å². The van der Waals surface area contributed by atoms with Crippen LogP contribution >= 0.6 is 0 Å². The Morgan fingerprint density at radius 2 is 1.61 bits per heavy atom. The molecule has 1 unspecified atom stereocenters. The van der Waals surface area contributed by atoms with Crippen LogP contribution in [0.2, 0.25) is 0 Å². The Balaban J connectivity index is 2.07. The van der Waals surface area contributed by atoms with Crippen LogP contribution in [-0.2, 0) is 32.6 Å². The Hall–Kier alpha value is -4.18. The van der Waals surface area contributed by atoms with Gasteiger partial charge in [-0.05, 0) is 48.7 Å². The maximum Gasteiger partial charge on any atom is 0.244 e. The minimum atomic E-state index is -3.94. The summed E-state index contributed by atoms with van der Waals surface area (Å²) in [6, 6.07) is 21.7. The van der Waals surface area contributed by atoms with Gasteiger partial charge in [0.15, 0.2) is 5.78 Å². The average Bonchev–Trinajstić information content (AvgIpc) is 2.96. The summed E-state index contributed by atoms with van der Waals surface area (Å²) < 4.78 is 32.2. The maximum absolute atomic E-state index is 14.1. The van der Waals surface area contributed by atoms with Gasteiger partial charge >= 0.3 is 0 Å². The molecule has 0 aliphatic carbocycles. The molecule has 0 bridgehead atoms. The van der Waals surface area contributed by atoms with Gasteiger partial charge in [-0.25, -0.2) is 8.42 Å². The molecule has 0 aliphatic rings. The van der Waals surface area contributed by atoms with Gasteiger partial charge in [0.2, 0.25) is 21.8 Å². The van der Waals surface area contributed by atoms with Crippen molar-refractivity contribution in [1.29, 1.82) is 0 Å². The Bertz CT molecular complexity index is 1460. The van der Waals surface area contributed by atoms with E-state index in [-0.39, 0.29) is 30.3 Å². The third-order valence-corrected chi connectivity index (χ3v) is 7.67. The molecule has 3 rings (SSSR count). The summed E-state index contributed by atoms with van der Waals surface area (Å²) in [5.41, 5.74) is 2.06. The summed E-state index contributed by atoms with van der Waals surface area (Å²) >= 11 is 0. The first-order chi connectivity index (χ1) is 19.5. The van der Waals surface area contributed by atoms with Gasteiger partial charge < -0.3 is 15.0 Å².